The minimum absolute atomic E-state index is 0.0620. The highest BCUT2D eigenvalue weighted by atomic mass is 16.5. The number of hydrogen-bond donors (Lipinski definition) is 0. The predicted molar refractivity (Wildman–Crippen MR) is 61.6 cm³/mol. The Bertz CT molecular complexity index is 520. The molecule has 2 aromatic rings. The van der Waals surface area contributed by atoms with Crippen LogP contribution in [0.25, 0.3) is 11.0 Å². The molecule has 0 saturated carbocycles. The Labute approximate surface area is 98.2 Å². The van der Waals surface area contributed by atoms with Crippen LogP contribution < -0.4 is 0 Å². The number of rotatable bonds is 4. The van der Waals surface area contributed by atoms with Crippen LogP contribution in [0.4, 0.5) is 0 Å². The van der Waals surface area contributed by atoms with Crippen LogP contribution in [0, 0.1) is 0 Å². The molecule has 0 amide bonds. The maximum Gasteiger partial charge on any atom is 0.375 e. The Hall–Kier alpha value is -2.10. The van der Waals surface area contributed by atoms with Crippen LogP contribution in [0.15, 0.2) is 34.7 Å². The van der Waals surface area contributed by atoms with Crippen LogP contribution in [0.3, 0.4) is 0 Å². The first kappa shape index (κ1) is 11.4. The fourth-order valence-corrected chi connectivity index (χ4v) is 1.57. The third-order valence-electron chi connectivity index (χ3n) is 2.31. The van der Waals surface area contributed by atoms with Crippen molar-refractivity contribution in [3.8, 4) is 0 Å². The van der Waals surface area contributed by atoms with Gasteiger partial charge < -0.3 is 9.15 Å². The Morgan fingerprint density at radius 1 is 1.29 bits per heavy atom. The highest BCUT2D eigenvalue weighted by Gasteiger charge is 2.17. The summed E-state index contributed by atoms with van der Waals surface area (Å²) in [5, 5.41) is 0.916. The molecular weight excluding hydrogens is 220 g/mol. The van der Waals surface area contributed by atoms with Gasteiger partial charge in [0.05, 0.1) is 13.0 Å². The Kier molecular flexibility index (Phi) is 3.23. The first-order valence-electron chi connectivity index (χ1n) is 5.38. The summed E-state index contributed by atoms with van der Waals surface area (Å²) in [5.74, 6) is -0.928. The normalized spacial score (nSPS) is 10.4. The van der Waals surface area contributed by atoms with Gasteiger partial charge in [0.1, 0.15) is 11.3 Å². The van der Waals surface area contributed by atoms with E-state index in [2.05, 4.69) is 4.74 Å². The summed E-state index contributed by atoms with van der Waals surface area (Å²) in [4.78, 5) is 22.6. The number of hydrogen-bond acceptors (Lipinski definition) is 4. The minimum Gasteiger partial charge on any atom is -0.461 e. The number of esters is 1. The molecule has 0 aliphatic rings. The molecule has 0 unspecified atom stereocenters. The topological polar surface area (TPSA) is 56.5 Å². The van der Waals surface area contributed by atoms with E-state index in [0.717, 1.165) is 5.39 Å². The van der Waals surface area contributed by atoms with Gasteiger partial charge in [-0.25, -0.2) is 4.79 Å². The standard InChI is InChI=1S/C13H12O4/c1-2-16-13(15)11(14)8-10-7-9-5-3-4-6-12(9)17-10/h3-7H,2,8H2,1H3. The van der Waals surface area contributed by atoms with Crippen LogP contribution in [-0.4, -0.2) is 18.4 Å². The van der Waals surface area contributed by atoms with Gasteiger partial charge >= 0.3 is 5.97 Å². The van der Waals surface area contributed by atoms with Gasteiger partial charge in [0.2, 0.25) is 5.78 Å². The van der Waals surface area contributed by atoms with Gasteiger partial charge in [0.25, 0.3) is 0 Å². The first-order chi connectivity index (χ1) is 8.20. The zero-order valence-corrected chi connectivity index (χ0v) is 9.43. The molecule has 88 valence electrons. The zero-order valence-electron chi connectivity index (χ0n) is 9.43. The van der Waals surface area contributed by atoms with E-state index in [1.54, 1.807) is 13.0 Å². The van der Waals surface area contributed by atoms with E-state index in [-0.39, 0.29) is 13.0 Å². The summed E-state index contributed by atoms with van der Waals surface area (Å²) >= 11 is 0. The predicted octanol–water partition coefficient (Wildman–Crippen LogP) is 2.11. The van der Waals surface area contributed by atoms with E-state index < -0.39 is 11.8 Å². The van der Waals surface area contributed by atoms with Crippen molar-refractivity contribution in [2.75, 3.05) is 6.61 Å². The number of ether oxygens (including phenoxy) is 1. The lowest BCUT2D eigenvalue weighted by atomic mass is 10.2. The summed E-state index contributed by atoms with van der Waals surface area (Å²) in [7, 11) is 0. The molecule has 4 nitrogen and oxygen atoms in total. The number of benzene rings is 1. The molecule has 17 heavy (non-hydrogen) atoms. The fraction of sp³-hybridized carbons (Fsp3) is 0.231. The Balaban J connectivity index is 2.13. The number of carbonyl (C=O) groups excluding carboxylic acids is 2. The van der Waals surface area contributed by atoms with E-state index in [9.17, 15) is 9.59 Å². The van der Waals surface area contributed by atoms with Crippen LogP contribution in [0.2, 0.25) is 0 Å². The van der Waals surface area contributed by atoms with Crippen molar-refractivity contribution in [3.63, 3.8) is 0 Å². The third-order valence-corrected chi connectivity index (χ3v) is 2.31. The minimum atomic E-state index is -0.812. The molecule has 0 atom stereocenters. The largest absolute Gasteiger partial charge is 0.461 e. The van der Waals surface area contributed by atoms with Crippen LogP contribution in [-0.2, 0) is 20.7 Å². The van der Waals surface area contributed by atoms with Crippen molar-refractivity contribution >= 4 is 22.7 Å². The molecule has 4 heteroatoms. The van der Waals surface area contributed by atoms with Crippen molar-refractivity contribution in [1.29, 1.82) is 0 Å². The molecule has 1 heterocycles. The van der Waals surface area contributed by atoms with Crippen LogP contribution in [0.1, 0.15) is 12.7 Å². The van der Waals surface area contributed by atoms with E-state index in [1.165, 1.54) is 0 Å². The molecule has 0 saturated heterocycles. The Morgan fingerprint density at radius 2 is 2.06 bits per heavy atom. The average molecular weight is 232 g/mol. The quantitative estimate of drug-likeness (QED) is 0.598. The van der Waals surface area contributed by atoms with Gasteiger partial charge in [-0.3, -0.25) is 4.79 Å². The second kappa shape index (κ2) is 4.82. The van der Waals surface area contributed by atoms with Crippen LogP contribution >= 0.6 is 0 Å². The maximum absolute atomic E-state index is 11.4. The molecule has 0 bridgehead atoms. The van der Waals surface area contributed by atoms with Gasteiger partial charge in [-0.05, 0) is 19.1 Å². The van der Waals surface area contributed by atoms with E-state index in [1.807, 2.05) is 24.3 Å². The summed E-state index contributed by atoms with van der Waals surface area (Å²) in [6, 6.07) is 9.19. The van der Waals surface area contributed by atoms with Gasteiger partial charge in [0, 0.05) is 5.39 Å². The van der Waals surface area contributed by atoms with Crippen molar-refractivity contribution < 1.29 is 18.7 Å². The third kappa shape index (κ3) is 2.53. The molecule has 0 spiro atoms. The molecule has 0 fully saturated rings. The Morgan fingerprint density at radius 3 is 2.76 bits per heavy atom. The van der Waals surface area contributed by atoms with Gasteiger partial charge in [-0.1, -0.05) is 18.2 Å². The number of para-hydroxylation sites is 1. The second-order valence-corrected chi connectivity index (χ2v) is 3.57. The lowest BCUT2D eigenvalue weighted by molar-refractivity contribution is -0.153. The van der Waals surface area contributed by atoms with Crippen molar-refractivity contribution in [2.24, 2.45) is 0 Å². The lowest BCUT2D eigenvalue weighted by Crippen LogP contribution is -2.19. The smallest absolute Gasteiger partial charge is 0.375 e. The first-order valence-corrected chi connectivity index (χ1v) is 5.38. The SMILES string of the molecule is CCOC(=O)C(=O)Cc1cc2ccccc2o1. The summed E-state index contributed by atoms with van der Waals surface area (Å²) < 4.78 is 10.1. The van der Waals surface area contributed by atoms with Gasteiger partial charge in [-0.2, -0.15) is 0 Å². The summed E-state index contributed by atoms with van der Waals surface area (Å²) in [5.41, 5.74) is 0.708. The highest BCUT2D eigenvalue weighted by molar-refractivity contribution is 6.34. The highest BCUT2D eigenvalue weighted by Crippen LogP contribution is 2.19. The average Bonchev–Trinajstić information content (AvgIpc) is 2.71. The summed E-state index contributed by atoms with van der Waals surface area (Å²) in [6.07, 6.45) is -0.0620. The van der Waals surface area contributed by atoms with E-state index in [0.29, 0.717) is 11.3 Å². The molecule has 1 aromatic heterocycles. The van der Waals surface area contributed by atoms with Crippen molar-refractivity contribution in [1.82, 2.24) is 0 Å². The van der Waals surface area contributed by atoms with Crippen LogP contribution in [0.5, 0.6) is 0 Å². The van der Waals surface area contributed by atoms with E-state index >= 15 is 0 Å². The van der Waals surface area contributed by atoms with Gasteiger partial charge in [0.15, 0.2) is 0 Å². The lowest BCUT2D eigenvalue weighted by Gasteiger charge is -1.98. The summed E-state index contributed by atoms with van der Waals surface area (Å²) in [6.45, 7) is 1.86. The molecular formula is C13H12O4. The number of Topliss-reactive ketones (excluding diaryl/α,β-unsaturated/α-hetero) is 1. The van der Waals surface area contributed by atoms with Crippen molar-refractivity contribution in [2.45, 2.75) is 13.3 Å². The van der Waals surface area contributed by atoms with Gasteiger partial charge in [-0.15, -0.1) is 0 Å². The monoisotopic (exact) mass is 232 g/mol. The second-order valence-electron chi connectivity index (χ2n) is 3.57. The molecule has 0 aliphatic carbocycles. The molecule has 0 radical (unpaired) electrons. The molecule has 2 rings (SSSR count). The fourth-order valence-electron chi connectivity index (χ4n) is 1.57. The molecule has 0 N–H and O–H groups in total. The number of carbonyl (C=O) groups is 2. The van der Waals surface area contributed by atoms with Crippen molar-refractivity contribution in [3.05, 3.63) is 36.1 Å². The number of furan rings is 1. The number of ketones is 1. The molecule has 0 aliphatic heterocycles. The molecule has 1 aromatic carbocycles. The zero-order chi connectivity index (χ0) is 12.3. The van der Waals surface area contributed by atoms with E-state index in [4.69, 9.17) is 4.42 Å². The number of fused-ring (bicyclic) bond motifs is 1. The maximum atomic E-state index is 11.4.